The molecule has 0 amide bonds. The van der Waals surface area contributed by atoms with Crippen LogP contribution in [0.25, 0.3) is 11.1 Å². The van der Waals surface area contributed by atoms with Gasteiger partial charge in [0.05, 0.1) is 0 Å². The van der Waals surface area contributed by atoms with Crippen LogP contribution >= 0.6 is 0 Å². The molecule has 0 fully saturated rings. The average Bonchev–Trinajstić information content (AvgIpc) is 2.61. The van der Waals surface area contributed by atoms with Crippen molar-refractivity contribution in [3.8, 4) is 11.1 Å². The predicted molar refractivity (Wildman–Crippen MR) is 100.0 cm³/mol. The molecule has 3 aromatic carbocycles. The van der Waals surface area contributed by atoms with Crippen molar-refractivity contribution in [3.05, 3.63) is 95.1 Å². The molecule has 0 saturated heterocycles. The van der Waals surface area contributed by atoms with Crippen LogP contribution in [0.15, 0.2) is 72.8 Å². The minimum Gasteiger partial charge on any atom is -0.0620 e. The van der Waals surface area contributed by atoms with Crippen molar-refractivity contribution in [3.63, 3.8) is 0 Å². The highest BCUT2D eigenvalue weighted by molar-refractivity contribution is 5.72. The van der Waals surface area contributed by atoms with E-state index in [4.69, 9.17) is 0 Å². The average molecular weight is 300 g/mol. The van der Waals surface area contributed by atoms with Crippen LogP contribution in [0.3, 0.4) is 0 Å². The van der Waals surface area contributed by atoms with Crippen molar-refractivity contribution in [1.82, 2.24) is 0 Å². The van der Waals surface area contributed by atoms with E-state index in [0.29, 0.717) is 5.92 Å². The highest BCUT2D eigenvalue weighted by Gasteiger charge is 2.16. The van der Waals surface area contributed by atoms with Crippen molar-refractivity contribution in [2.45, 2.75) is 33.1 Å². The second-order valence-electron chi connectivity index (χ2n) is 6.18. The third-order valence-electron chi connectivity index (χ3n) is 4.77. The molecule has 0 aliphatic rings. The van der Waals surface area contributed by atoms with E-state index in [9.17, 15) is 0 Å². The highest BCUT2D eigenvalue weighted by Crippen LogP contribution is 2.35. The predicted octanol–water partition coefficient (Wildman–Crippen LogP) is 6.38. The van der Waals surface area contributed by atoms with Gasteiger partial charge in [0.25, 0.3) is 0 Å². The Kier molecular flexibility index (Phi) is 4.62. The Labute approximate surface area is 139 Å². The smallest absolute Gasteiger partial charge is 0.00697 e. The van der Waals surface area contributed by atoms with Gasteiger partial charge in [-0.05, 0) is 46.7 Å². The molecule has 0 aliphatic carbocycles. The lowest BCUT2D eigenvalue weighted by molar-refractivity contribution is 0.912. The van der Waals surface area contributed by atoms with E-state index in [1.165, 1.54) is 33.4 Å². The molecule has 0 aliphatic heterocycles. The van der Waals surface area contributed by atoms with E-state index in [1.807, 2.05) is 0 Å². The van der Waals surface area contributed by atoms with Crippen LogP contribution in [0.5, 0.6) is 0 Å². The fourth-order valence-electron chi connectivity index (χ4n) is 3.45. The summed E-state index contributed by atoms with van der Waals surface area (Å²) >= 11 is 0. The minimum atomic E-state index is 0.386. The summed E-state index contributed by atoms with van der Waals surface area (Å²) in [7, 11) is 0. The van der Waals surface area contributed by atoms with Crippen LogP contribution in [-0.2, 0) is 6.42 Å². The first-order valence-corrected chi connectivity index (χ1v) is 8.45. The Morgan fingerprint density at radius 1 is 0.696 bits per heavy atom. The van der Waals surface area contributed by atoms with Gasteiger partial charge in [-0.1, -0.05) is 86.6 Å². The van der Waals surface area contributed by atoms with Crippen molar-refractivity contribution in [2.75, 3.05) is 0 Å². The van der Waals surface area contributed by atoms with Gasteiger partial charge in [0.1, 0.15) is 0 Å². The molecule has 3 rings (SSSR count). The van der Waals surface area contributed by atoms with E-state index in [0.717, 1.165) is 6.42 Å². The lowest BCUT2D eigenvalue weighted by Crippen LogP contribution is -2.01. The summed E-state index contributed by atoms with van der Waals surface area (Å²) in [6.07, 6.45) is 1.06. The Hall–Kier alpha value is -2.34. The molecule has 3 aromatic rings. The first kappa shape index (κ1) is 15.6. The molecule has 0 N–H and O–H groups in total. The first-order chi connectivity index (χ1) is 11.2. The van der Waals surface area contributed by atoms with Gasteiger partial charge in [-0.2, -0.15) is 0 Å². The van der Waals surface area contributed by atoms with Crippen molar-refractivity contribution in [2.24, 2.45) is 0 Å². The number of hydrogen-bond donors (Lipinski definition) is 0. The summed E-state index contributed by atoms with van der Waals surface area (Å²) < 4.78 is 0. The zero-order valence-corrected chi connectivity index (χ0v) is 14.2. The van der Waals surface area contributed by atoms with E-state index in [2.05, 4.69) is 93.6 Å². The summed E-state index contributed by atoms with van der Waals surface area (Å²) in [6.45, 7) is 6.75. The maximum absolute atomic E-state index is 2.32. The third-order valence-corrected chi connectivity index (χ3v) is 4.77. The van der Waals surface area contributed by atoms with Crippen LogP contribution in [0.4, 0.5) is 0 Å². The molecule has 0 nitrogen and oxygen atoms in total. The fraction of sp³-hybridized carbons (Fsp3) is 0.217. The molecule has 0 spiro atoms. The van der Waals surface area contributed by atoms with Gasteiger partial charge in [0.2, 0.25) is 0 Å². The lowest BCUT2D eigenvalue weighted by Gasteiger charge is -2.20. The molecule has 116 valence electrons. The van der Waals surface area contributed by atoms with Gasteiger partial charge in [-0.3, -0.25) is 0 Å². The Morgan fingerprint density at radius 2 is 1.26 bits per heavy atom. The molecule has 0 aromatic heterocycles. The highest BCUT2D eigenvalue weighted by atomic mass is 14.2. The normalized spacial score (nSPS) is 12.1. The molecule has 0 radical (unpaired) electrons. The molecular weight excluding hydrogens is 276 g/mol. The largest absolute Gasteiger partial charge is 0.0620 e. The van der Waals surface area contributed by atoms with Gasteiger partial charge >= 0.3 is 0 Å². The second kappa shape index (κ2) is 6.83. The monoisotopic (exact) mass is 300 g/mol. The van der Waals surface area contributed by atoms with E-state index in [1.54, 1.807) is 0 Å². The summed E-state index contributed by atoms with van der Waals surface area (Å²) in [6, 6.07) is 26.3. The molecule has 0 heterocycles. The van der Waals surface area contributed by atoms with Crippen LogP contribution in [0.1, 0.15) is 42.0 Å². The standard InChI is InChI=1S/C23H24/c1-4-19-12-6-8-15-22(19)23-16-10-9-14-21(23)18(3)20-13-7-5-11-17(20)2/h5-16,18H,4H2,1-3H3. The number of aryl methyl sites for hydroxylation is 2. The van der Waals surface area contributed by atoms with Crippen LogP contribution < -0.4 is 0 Å². The van der Waals surface area contributed by atoms with Crippen molar-refractivity contribution >= 4 is 0 Å². The molecule has 1 atom stereocenters. The number of benzene rings is 3. The SMILES string of the molecule is CCc1ccccc1-c1ccccc1C(C)c1ccccc1C. The van der Waals surface area contributed by atoms with Crippen molar-refractivity contribution < 1.29 is 0 Å². The maximum atomic E-state index is 2.32. The zero-order chi connectivity index (χ0) is 16.2. The fourth-order valence-corrected chi connectivity index (χ4v) is 3.45. The topological polar surface area (TPSA) is 0 Å². The summed E-state index contributed by atoms with van der Waals surface area (Å²) in [4.78, 5) is 0. The van der Waals surface area contributed by atoms with Gasteiger partial charge < -0.3 is 0 Å². The summed E-state index contributed by atoms with van der Waals surface area (Å²) in [5, 5.41) is 0. The number of rotatable bonds is 4. The van der Waals surface area contributed by atoms with E-state index < -0.39 is 0 Å². The zero-order valence-electron chi connectivity index (χ0n) is 14.2. The third kappa shape index (κ3) is 3.07. The molecule has 23 heavy (non-hydrogen) atoms. The van der Waals surface area contributed by atoms with E-state index in [-0.39, 0.29) is 0 Å². The van der Waals surface area contributed by atoms with Crippen LogP contribution in [0.2, 0.25) is 0 Å². The van der Waals surface area contributed by atoms with E-state index >= 15 is 0 Å². The quantitative estimate of drug-likeness (QED) is 0.524. The van der Waals surface area contributed by atoms with Gasteiger partial charge in [-0.15, -0.1) is 0 Å². The molecular formula is C23H24. The Bertz CT molecular complexity index is 798. The Morgan fingerprint density at radius 3 is 1.96 bits per heavy atom. The van der Waals surface area contributed by atoms with Crippen LogP contribution in [-0.4, -0.2) is 0 Å². The summed E-state index contributed by atoms with van der Waals surface area (Å²) in [5.74, 6) is 0.386. The Balaban J connectivity index is 2.14. The number of hydrogen-bond acceptors (Lipinski definition) is 0. The molecule has 0 heteroatoms. The lowest BCUT2D eigenvalue weighted by atomic mass is 9.84. The molecule has 0 saturated carbocycles. The minimum absolute atomic E-state index is 0.386. The molecule has 1 unspecified atom stereocenters. The first-order valence-electron chi connectivity index (χ1n) is 8.45. The van der Waals surface area contributed by atoms with Crippen molar-refractivity contribution in [1.29, 1.82) is 0 Å². The second-order valence-corrected chi connectivity index (χ2v) is 6.18. The van der Waals surface area contributed by atoms with Crippen LogP contribution in [0, 0.1) is 6.92 Å². The van der Waals surface area contributed by atoms with Gasteiger partial charge in [0, 0.05) is 5.92 Å². The maximum Gasteiger partial charge on any atom is 0.00697 e. The van der Waals surface area contributed by atoms with Gasteiger partial charge in [-0.25, -0.2) is 0 Å². The van der Waals surface area contributed by atoms with Gasteiger partial charge in [0.15, 0.2) is 0 Å². The molecule has 0 bridgehead atoms. The summed E-state index contributed by atoms with van der Waals surface area (Å²) in [5.41, 5.74) is 8.32.